The van der Waals surface area contributed by atoms with Crippen molar-refractivity contribution in [2.75, 3.05) is 0 Å². The topological polar surface area (TPSA) is 25.8 Å². The van der Waals surface area contributed by atoms with Crippen LogP contribution in [-0.4, -0.2) is 10.2 Å². The van der Waals surface area contributed by atoms with E-state index in [1.807, 2.05) is 19.1 Å². The van der Waals surface area contributed by atoms with Gasteiger partial charge in [-0.3, -0.25) is 0 Å². The van der Waals surface area contributed by atoms with Crippen LogP contribution in [-0.2, 0) is 0 Å². The van der Waals surface area contributed by atoms with E-state index in [1.54, 1.807) is 0 Å². The number of aryl methyl sites for hydroxylation is 2. The van der Waals surface area contributed by atoms with E-state index in [4.69, 9.17) is 0 Å². The molecule has 2 heteroatoms. The second kappa shape index (κ2) is 2.55. The average Bonchev–Trinajstić information content (AvgIpc) is 2.07. The maximum absolute atomic E-state index is 4.09. The summed E-state index contributed by atoms with van der Waals surface area (Å²) in [5.74, 6) is 0. The molecule has 60 valence electrons. The first kappa shape index (κ1) is 7.22. The molecule has 1 aromatic heterocycles. The Morgan fingerprint density at radius 2 is 1.92 bits per heavy atom. The van der Waals surface area contributed by atoms with Crippen molar-refractivity contribution in [2.24, 2.45) is 0 Å². The quantitative estimate of drug-likeness (QED) is 0.587. The Labute approximate surface area is 71.3 Å². The van der Waals surface area contributed by atoms with E-state index < -0.39 is 0 Å². The summed E-state index contributed by atoms with van der Waals surface area (Å²) in [6.07, 6.45) is 0. The Morgan fingerprint density at radius 1 is 1.08 bits per heavy atom. The molecule has 0 radical (unpaired) electrons. The first-order valence-corrected chi connectivity index (χ1v) is 3.97. The van der Waals surface area contributed by atoms with E-state index in [9.17, 15) is 0 Å². The zero-order chi connectivity index (χ0) is 8.55. The fraction of sp³-hybridized carbons (Fsp3) is 0.200. The van der Waals surface area contributed by atoms with E-state index in [0.717, 1.165) is 11.2 Å². The summed E-state index contributed by atoms with van der Waals surface area (Å²) in [5, 5.41) is 9.29. The molecule has 0 fully saturated rings. The lowest BCUT2D eigenvalue weighted by Gasteiger charge is -1.99. The minimum Gasteiger partial charge on any atom is -0.155 e. The second-order valence-electron chi connectivity index (χ2n) is 2.99. The molecular weight excluding hydrogens is 148 g/mol. The molecule has 2 rings (SSSR count). The third-order valence-electron chi connectivity index (χ3n) is 1.97. The van der Waals surface area contributed by atoms with Gasteiger partial charge in [-0.1, -0.05) is 12.1 Å². The molecule has 0 spiro atoms. The minimum atomic E-state index is 0.969. The number of nitrogens with zero attached hydrogens (tertiary/aromatic N) is 2. The molecule has 0 aliphatic carbocycles. The fourth-order valence-electron chi connectivity index (χ4n) is 1.31. The van der Waals surface area contributed by atoms with Crippen LogP contribution in [0.5, 0.6) is 0 Å². The van der Waals surface area contributed by atoms with E-state index in [0.29, 0.717) is 0 Å². The first-order chi connectivity index (χ1) is 5.77. The highest BCUT2D eigenvalue weighted by molar-refractivity contribution is 5.81. The lowest BCUT2D eigenvalue weighted by molar-refractivity contribution is 1.02. The van der Waals surface area contributed by atoms with Crippen LogP contribution >= 0.6 is 0 Å². The first-order valence-electron chi connectivity index (χ1n) is 3.97. The molecule has 0 N–H and O–H groups in total. The summed E-state index contributed by atoms with van der Waals surface area (Å²) in [4.78, 5) is 0. The van der Waals surface area contributed by atoms with E-state index in [2.05, 4.69) is 29.3 Å². The van der Waals surface area contributed by atoms with Crippen molar-refractivity contribution in [1.29, 1.82) is 0 Å². The summed E-state index contributed by atoms with van der Waals surface area (Å²) in [5.41, 5.74) is 3.20. The van der Waals surface area contributed by atoms with Crippen molar-refractivity contribution in [1.82, 2.24) is 10.2 Å². The van der Waals surface area contributed by atoms with Crippen LogP contribution in [0.3, 0.4) is 0 Å². The smallest absolute Gasteiger partial charge is 0.0932 e. The molecule has 2 nitrogen and oxygen atoms in total. The lowest BCUT2D eigenvalue weighted by Crippen LogP contribution is -1.88. The predicted octanol–water partition coefficient (Wildman–Crippen LogP) is 2.25. The van der Waals surface area contributed by atoms with Crippen LogP contribution < -0.4 is 0 Å². The van der Waals surface area contributed by atoms with Crippen molar-refractivity contribution in [3.8, 4) is 0 Å². The summed E-state index contributed by atoms with van der Waals surface area (Å²) in [7, 11) is 0. The SMILES string of the molecule is Cc1cc2c(C)cccc2nn1. The largest absolute Gasteiger partial charge is 0.155 e. The van der Waals surface area contributed by atoms with Gasteiger partial charge in [0.1, 0.15) is 0 Å². The maximum atomic E-state index is 4.09. The van der Waals surface area contributed by atoms with Gasteiger partial charge in [-0.15, -0.1) is 0 Å². The van der Waals surface area contributed by atoms with Crippen LogP contribution in [0, 0.1) is 13.8 Å². The normalized spacial score (nSPS) is 10.5. The summed E-state index contributed by atoms with van der Waals surface area (Å²) in [6, 6.07) is 8.14. The number of aromatic nitrogens is 2. The van der Waals surface area contributed by atoms with E-state index in [1.165, 1.54) is 10.9 Å². The van der Waals surface area contributed by atoms with Gasteiger partial charge in [0.25, 0.3) is 0 Å². The van der Waals surface area contributed by atoms with Gasteiger partial charge in [0.05, 0.1) is 11.2 Å². The molecule has 1 aromatic carbocycles. The highest BCUT2D eigenvalue weighted by Crippen LogP contribution is 2.15. The summed E-state index contributed by atoms with van der Waals surface area (Å²) >= 11 is 0. The van der Waals surface area contributed by atoms with E-state index in [-0.39, 0.29) is 0 Å². The van der Waals surface area contributed by atoms with Crippen LogP contribution in [0.4, 0.5) is 0 Å². The third kappa shape index (κ3) is 1.05. The number of rotatable bonds is 0. The molecule has 0 amide bonds. The lowest BCUT2D eigenvalue weighted by atomic mass is 10.1. The molecule has 0 aliphatic heterocycles. The molecule has 0 saturated heterocycles. The Bertz CT molecular complexity index is 421. The molecule has 12 heavy (non-hydrogen) atoms. The van der Waals surface area contributed by atoms with Gasteiger partial charge in [0.15, 0.2) is 0 Å². The Hall–Kier alpha value is -1.44. The van der Waals surface area contributed by atoms with Gasteiger partial charge in [0, 0.05) is 5.39 Å². The van der Waals surface area contributed by atoms with Crippen LogP contribution in [0.15, 0.2) is 24.3 Å². The van der Waals surface area contributed by atoms with Crippen LogP contribution in [0.1, 0.15) is 11.3 Å². The van der Waals surface area contributed by atoms with Gasteiger partial charge in [-0.05, 0) is 31.5 Å². The monoisotopic (exact) mass is 158 g/mol. The molecule has 0 unspecified atom stereocenters. The van der Waals surface area contributed by atoms with Gasteiger partial charge >= 0.3 is 0 Å². The summed E-state index contributed by atoms with van der Waals surface area (Å²) < 4.78 is 0. The number of benzene rings is 1. The van der Waals surface area contributed by atoms with Crippen molar-refractivity contribution in [3.63, 3.8) is 0 Å². The minimum absolute atomic E-state index is 0.969. The van der Waals surface area contributed by atoms with Gasteiger partial charge in [-0.25, -0.2) is 0 Å². The predicted molar refractivity (Wildman–Crippen MR) is 49.0 cm³/mol. The molecule has 0 atom stereocenters. The highest BCUT2D eigenvalue weighted by atomic mass is 15.1. The second-order valence-corrected chi connectivity index (χ2v) is 2.99. The van der Waals surface area contributed by atoms with Gasteiger partial charge in [0.2, 0.25) is 0 Å². The third-order valence-corrected chi connectivity index (χ3v) is 1.97. The molecule has 2 aromatic rings. The fourth-order valence-corrected chi connectivity index (χ4v) is 1.31. The zero-order valence-corrected chi connectivity index (χ0v) is 7.20. The molecule has 1 heterocycles. The maximum Gasteiger partial charge on any atom is 0.0932 e. The number of fused-ring (bicyclic) bond motifs is 1. The Balaban J connectivity index is 2.88. The zero-order valence-electron chi connectivity index (χ0n) is 7.20. The Kier molecular flexibility index (Phi) is 1.54. The molecule has 0 saturated carbocycles. The van der Waals surface area contributed by atoms with Gasteiger partial charge < -0.3 is 0 Å². The van der Waals surface area contributed by atoms with Gasteiger partial charge in [-0.2, -0.15) is 10.2 Å². The summed E-state index contributed by atoms with van der Waals surface area (Å²) in [6.45, 7) is 4.04. The van der Waals surface area contributed by atoms with Crippen molar-refractivity contribution >= 4 is 10.9 Å². The van der Waals surface area contributed by atoms with Crippen LogP contribution in [0.2, 0.25) is 0 Å². The number of hydrogen-bond acceptors (Lipinski definition) is 2. The van der Waals surface area contributed by atoms with E-state index >= 15 is 0 Å². The standard InChI is InChI=1S/C10H10N2/c1-7-4-3-5-10-9(7)6-8(2)11-12-10/h3-6H,1-2H3. The van der Waals surface area contributed by atoms with Crippen molar-refractivity contribution in [3.05, 3.63) is 35.5 Å². The number of hydrogen-bond donors (Lipinski definition) is 0. The molecule has 0 bridgehead atoms. The Morgan fingerprint density at radius 3 is 2.75 bits per heavy atom. The van der Waals surface area contributed by atoms with Crippen molar-refractivity contribution < 1.29 is 0 Å². The highest BCUT2D eigenvalue weighted by Gasteiger charge is 1.97. The molecular formula is C10H10N2. The average molecular weight is 158 g/mol. The van der Waals surface area contributed by atoms with Crippen molar-refractivity contribution in [2.45, 2.75) is 13.8 Å². The van der Waals surface area contributed by atoms with Crippen LogP contribution in [0.25, 0.3) is 10.9 Å². The molecule has 0 aliphatic rings.